The van der Waals surface area contributed by atoms with Crippen LogP contribution in [-0.4, -0.2) is 34.5 Å². The summed E-state index contributed by atoms with van der Waals surface area (Å²) in [4.78, 5) is 32.2. The molecule has 2 aromatic carbocycles. The zero-order valence-electron chi connectivity index (χ0n) is 18.9. The Morgan fingerprint density at radius 2 is 2.03 bits per heavy atom. The fourth-order valence-corrected chi connectivity index (χ4v) is 4.57. The number of aromatic nitrogens is 1. The lowest BCUT2D eigenvalue weighted by atomic mass is 9.95. The molecule has 34 heavy (non-hydrogen) atoms. The molecule has 1 N–H and O–H groups in total. The number of hydrogen-bond acceptors (Lipinski definition) is 6. The minimum absolute atomic E-state index is 0.0201. The summed E-state index contributed by atoms with van der Waals surface area (Å²) in [5, 5.41) is 11.3. The van der Waals surface area contributed by atoms with Gasteiger partial charge in [0.15, 0.2) is 0 Å². The SMILES string of the molecule is CCOc1cccc(N2C(=O)C(=O)/C(=C(\O)c3ccc4c(c3)CC(C)O4)C2c2cccnc2)c1. The van der Waals surface area contributed by atoms with Crippen molar-refractivity contribution in [2.24, 2.45) is 0 Å². The molecule has 7 nitrogen and oxygen atoms in total. The van der Waals surface area contributed by atoms with E-state index in [9.17, 15) is 14.7 Å². The van der Waals surface area contributed by atoms with Crippen LogP contribution in [0.4, 0.5) is 5.69 Å². The molecule has 3 heterocycles. The highest BCUT2D eigenvalue weighted by molar-refractivity contribution is 6.51. The smallest absolute Gasteiger partial charge is 0.300 e. The number of Topliss-reactive ketones (excluding diaryl/α,β-unsaturated/α-hetero) is 1. The molecule has 1 amide bonds. The molecule has 1 fully saturated rings. The second kappa shape index (κ2) is 8.67. The van der Waals surface area contributed by atoms with Crippen molar-refractivity contribution in [1.82, 2.24) is 4.98 Å². The average Bonchev–Trinajstić information content (AvgIpc) is 3.35. The fourth-order valence-electron chi connectivity index (χ4n) is 4.57. The van der Waals surface area contributed by atoms with E-state index in [1.807, 2.05) is 19.9 Å². The van der Waals surface area contributed by atoms with Crippen LogP contribution in [0.25, 0.3) is 5.76 Å². The standard InChI is InChI=1S/C27H24N2O5/c1-3-33-21-8-4-7-20(14-21)29-24(18-6-5-11-28-15-18)23(26(31)27(29)32)25(30)17-9-10-22-19(13-17)12-16(2)34-22/h4-11,13-16,24,30H,3,12H2,1-2H3/b25-23-. The Labute approximate surface area is 197 Å². The van der Waals surface area contributed by atoms with Gasteiger partial charge in [0.2, 0.25) is 0 Å². The number of ketones is 1. The quantitative estimate of drug-likeness (QED) is 0.347. The molecule has 0 aliphatic carbocycles. The van der Waals surface area contributed by atoms with Crippen molar-refractivity contribution >= 4 is 23.1 Å². The van der Waals surface area contributed by atoms with Crippen molar-refractivity contribution in [1.29, 1.82) is 0 Å². The van der Waals surface area contributed by atoms with Gasteiger partial charge >= 0.3 is 0 Å². The van der Waals surface area contributed by atoms with Gasteiger partial charge < -0.3 is 14.6 Å². The molecule has 1 aromatic heterocycles. The third kappa shape index (κ3) is 3.69. The first-order valence-corrected chi connectivity index (χ1v) is 11.2. The molecule has 172 valence electrons. The van der Waals surface area contributed by atoms with Gasteiger partial charge in [0.1, 0.15) is 23.4 Å². The monoisotopic (exact) mass is 456 g/mol. The topological polar surface area (TPSA) is 89.0 Å². The lowest BCUT2D eigenvalue weighted by Gasteiger charge is -2.25. The number of fused-ring (bicyclic) bond motifs is 1. The van der Waals surface area contributed by atoms with E-state index in [1.54, 1.807) is 60.9 Å². The number of aliphatic hydroxyl groups excluding tert-OH is 1. The Hall–Kier alpha value is -4.13. The Morgan fingerprint density at radius 3 is 2.79 bits per heavy atom. The van der Waals surface area contributed by atoms with E-state index < -0.39 is 17.7 Å². The summed E-state index contributed by atoms with van der Waals surface area (Å²) in [5.41, 5.74) is 2.55. The van der Waals surface area contributed by atoms with Gasteiger partial charge in [-0.2, -0.15) is 0 Å². The molecule has 7 heteroatoms. The number of rotatable bonds is 5. The average molecular weight is 456 g/mol. The number of amides is 1. The summed E-state index contributed by atoms with van der Waals surface area (Å²) >= 11 is 0. The normalized spacial score (nSPS) is 20.8. The van der Waals surface area contributed by atoms with Crippen LogP contribution in [0.2, 0.25) is 0 Å². The van der Waals surface area contributed by atoms with E-state index in [-0.39, 0.29) is 17.4 Å². The number of anilines is 1. The van der Waals surface area contributed by atoms with Gasteiger partial charge in [-0.25, -0.2) is 0 Å². The maximum atomic E-state index is 13.3. The van der Waals surface area contributed by atoms with Crippen molar-refractivity contribution in [3.05, 3.63) is 89.3 Å². The van der Waals surface area contributed by atoms with Crippen LogP contribution in [0.15, 0.2) is 72.6 Å². The van der Waals surface area contributed by atoms with Gasteiger partial charge in [0.25, 0.3) is 11.7 Å². The van der Waals surface area contributed by atoms with Crippen LogP contribution in [0.5, 0.6) is 11.5 Å². The molecule has 3 aromatic rings. The number of nitrogens with zero attached hydrogens (tertiary/aromatic N) is 2. The molecule has 0 radical (unpaired) electrons. The number of ether oxygens (including phenoxy) is 2. The van der Waals surface area contributed by atoms with Crippen molar-refractivity contribution < 1.29 is 24.2 Å². The molecule has 2 unspecified atom stereocenters. The maximum absolute atomic E-state index is 13.3. The number of hydrogen-bond donors (Lipinski definition) is 1. The zero-order chi connectivity index (χ0) is 23.8. The summed E-state index contributed by atoms with van der Waals surface area (Å²) in [6.07, 6.45) is 3.97. The summed E-state index contributed by atoms with van der Waals surface area (Å²) in [5.74, 6) is -0.348. The lowest BCUT2D eigenvalue weighted by molar-refractivity contribution is -0.132. The summed E-state index contributed by atoms with van der Waals surface area (Å²) in [6.45, 7) is 4.32. The first-order valence-electron chi connectivity index (χ1n) is 11.2. The van der Waals surface area contributed by atoms with Crippen LogP contribution < -0.4 is 14.4 Å². The highest BCUT2D eigenvalue weighted by Gasteiger charge is 2.47. The van der Waals surface area contributed by atoms with Crippen LogP contribution >= 0.6 is 0 Å². The summed E-state index contributed by atoms with van der Waals surface area (Å²) in [6, 6.07) is 15.0. The largest absolute Gasteiger partial charge is 0.507 e. The van der Waals surface area contributed by atoms with Crippen LogP contribution in [-0.2, 0) is 16.0 Å². The molecule has 0 spiro atoms. The minimum atomic E-state index is -0.839. The van der Waals surface area contributed by atoms with Crippen LogP contribution in [0, 0.1) is 0 Å². The first kappa shape index (κ1) is 21.7. The summed E-state index contributed by atoms with van der Waals surface area (Å²) < 4.78 is 11.3. The van der Waals surface area contributed by atoms with Gasteiger partial charge in [-0.1, -0.05) is 12.1 Å². The number of carbonyl (C=O) groups is 2. The zero-order valence-corrected chi connectivity index (χ0v) is 18.9. The molecular formula is C27H24N2O5. The van der Waals surface area contributed by atoms with Crippen molar-refractivity contribution in [2.75, 3.05) is 11.5 Å². The molecule has 2 atom stereocenters. The van der Waals surface area contributed by atoms with Gasteiger partial charge in [0.05, 0.1) is 18.2 Å². The molecule has 5 rings (SSSR count). The fraction of sp³-hybridized carbons (Fsp3) is 0.222. The number of carbonyl (C=O) groups excluding carboxylic acids is 2. The van der Waals surface area contributed by atoms with Gasteiger partial charge in [-0.3, -0.25) is 19.5 Å². The van der Waals surface area contributed by atoms with Gasteiger partial charge in [-0.15, -0.1) is 0 Å². The van der Waals surface area contributed by atoms with Crippen molar-refractivity contribution in [3.63, 3.8) is 0 Å². The first-order chi connectivity index (χ1) is 16.5. The number of pyridine rings is 1. The second-order valence-electron chi connectivity index (χ2n) is 8.34. The predicted molar refractivity (Wildman–Crippen MR) is 127 cm³/mol. The molecular weight excluding hydrogens is 432 g/mol. The minimum Gasteiger partial charge on any atom is -0.507 e. The van der Waals surface area contributed by atoms with Crippen LogP contribution in [0.1, 0.15) is 36.6 Å². The van der Waals surface area contributed by atoms with Crippen molar-refractivity contribution in [3.8, 4) is 11.5 Å². The van der Waals surface area contributed by atoms with E-state index in [0.29, 0.717) is 35.6 Å². The maximum Gasteiger partial charge on any atom is 0.300 e. The van der Waals surface area contributed by atoms with E-state index >= 15 is 0 Å². The summed E-state index contributed by atoms with van der Waals surface area (Å²) in [7, 11) is 0. The van der Waals surface area contributed by atoms with Crippen molar-refractivity contribution in [2.45, 2.75) is 32.4 Å². The van der Waals surface area contributed by atoms with Gasteiger partial charge in [-0.05, 0) is 61.4 Å². The molecule has 0 saturated carbocycles. The van der Waals surface area contributed by atoms with E-state index in [1.165, 1.54) is 4.90 Å². The third-order valence-corrected chi connectivity index (χ3v) is 6.02. The van der Waals surface area contributed by atoms with E-state index in [4.69, 9.17) is 9.47 Å². The lowest BCUT2D eigenvalue weighted by Crippen LogP contribution is -2.29. The van der Waals surface area contributed by atoms with E-state index in [2.05, 4.69) is 4.98 Å². The molecule has 0 bridgehead atoms. The third-order valence-electron chi connectivity index (χ3n) is 6.02. The number of aliphatic hydroxyl groups is 1. The number of benzene rings is 2. The highest BCUT2D eigenvalue weighted by Crippen LogP contribution is 2.43. The Kier molecular flexibility index (Phi) is 5.53. The Balaban J connectivity index is 1.66. The second-order valence-corrected chi connectivity index (χ2v) is 8.34. The Morgan fingerprint density at radius 1 is 1.18 bits per heavy atom. The Bertz CT molecular complexity index is 1300. The molecule has 1 saturated heterocycles. The van der Waals surface area contributed by atoms with E-state index in [0.717, 1.165) is 11.3 Å². The predicted octanol–water partition coefficient (Wildman–Crippen LogP) is 4.43. The molecule has 2 aliphatic rings. The van der Waals surface area contributed by atoms with Gasteiger partial charge in [0, 0.05) is 36.1 Å². The molecule has 2 aliphatic heterocycles. The van der Waals surface area contributed by atoms with Crippen LogP contribution in [0.3, 0.4) is 0 Å². The highest BCUT2D eigenvalue weighted by atomic mass is 16.5.